The van der Waals surface area contributed by atoms with Crippen molar-refractivity contribution >= 4 is 16.6 Å². The highest BCUT2D eigenvalue weighted by molar-refractivity contribution is 5.84. The van der Waals surface area contributed by atoms with E-state index >= 15 is 0 Å². The molecule has 5 heteroatoms. The van der Waals surface area contributed by atoms with Gasteiger partial charge in [-0.15, -0.1) is 0 Å². The van der Waals surface area contributed by atoms with E-state index in [1.807, 2.05) is 25.5 Å². The summed E-state index contributed by atoms with van der Waals surface area (Å²) in [6.07, 6.45) is 0. The molecule has 0 fully saturated rings. The summed E-state index contributed by atoms with van der Waals surface area (Å²) in [6.45, 7) is 6.86. The topological polar surface area (TPSA) is 61.0 Å². The number of benzene rings is 1. The summed E-state index contributed by atoms with van der Waals surface area (Å²) in [5.74, 6) is 0.257. The van der Waals surface area contributed by atoms with Crippen molar-refractivity contribution in [2.24, 2.45) is 0 Å². The number of nitro benzene ring substituents is 1. The molecule has 1 aromatic carbocycles. The zero-order valence-corrected chi connectivity index (χ0v) is 10.2. The van der Waals surface area contributed by atoms with E-state index < -0.39 is 0 Å². The van der Waals surface area contributed by atoms with E-state index in [0.717, 1.165) is 23.1 Å². The molecule has 2 rings (SSSR count). The smallest absolute Gasteiger partial charge is 0.265 e. The maximum atomic E-state index is 10.8. The SMILES string of the molecule is CCn1nc(C(C)C)c2cc([N+](=O)[O-])ccc21. The minimum absolute atomic E-state index is 0.120. The molecule has 1 aromatic heterocycles. The molecule has 0 radical (unpaired) electrons. The molecule has 0 atom stereocenters. The fourth-order valence-electron chi connectivity index (χ4n) is 1.97. The molecule has 17 heavy (non-hydrogen) atoms. The zero-order valence-electron chi connectivity index (χ0n) is 10.2. The van der Waals surface area contributed by atoms with E-state index in [-0.39, 0.29) is 16.5 Å². The van der Waals surface area contributed by atoms with Gasteiger partial charge in [-0.05, 0) is 18.9 Å². The standard InChI is InChI=1S/C12H15N3O2/c1-4-14-11-6-5-9(15(16)17)7-10(11)12(13-14)8(2)3/h5-8H,4H2,1-3H3. The molecule has 0 aliphatic heterocycles. The Morgan fingerprint density at radius 1 is 1.47 bits per heavy atom. The maximum Gasteiger partial charge on any atom is 0.270 e. The average molecular weight is 233 g/mol. The van der Waals surface area contributed by atoms with E-state index in [0.29, 0.717) is 0 Å². The van der Waals surface area contributed by atoms with Crippen LogP contribution in [0.5, 0.6) is 0 Å². The lowest BCUT2D eigenvalue weighted by atomic mass is 10.1. The molecular formula is C12H15N3O2. The normalized spacial score (nSPS) is 11.3. The summed E-state index contributed by atoms with van der Waals surface area (Å²) >= 11 is 0. The number of non-ortho nitro benzene ring substituents is 1. The van der Waals surface area contributed by atoms with Crippen LogP contribution in [0.25, 0.3) is 10.9 Å². The Bertz CT molecular complexity index is 572. The molecule has 0 spiro atoms. The van der Waals surface area contributed by atoms with Crippen LogP contribution >= 0.6 is 0 Å². The predicted octanol–water partition coefficient (Wildman–Crippen LogP) is 3.09. The Morgan fingerprint density at radius 3 is 2.71 bits per heavy atom. The van der Waals surface area contributed by atoms with E-state index in [1.165, 1.54) is 6.07 Å². The molecule has 0 bridgehead atoms. The van der Waals surface area contributed by atoms with Crippen molar-refractivity contribution in [3.8, 4) is 0 Å². The third kappa shape index (κ3) is 1.88. The number of aromatic nitrogens is 2. The second-order valence-electron chi connectivity index (χ2n) is 4.31. The van der Waals surface area contributed by atoms with Gasteiger partial charge in [0.05, 0.1) is 16.1 Å². The highest BCUT2D eigenvalue weighted by atomic mass is 16.6. The van der Waals surface area contributed by atoms with Crippen LogP contribution in [-0.2, 0) is 6.54 Å². The Morgan fingerprint density at radius 2 is 2.18 bits per heavy atom. The van der Waals surface area contributed by atoms with E-state index in [9.17, 15) is 10.1 Å². The fourth-order valence-corrected chi connectivity index (χ4v) is 1.97. The Labute approximate surface area is 99.2 Å². The van der Waals surface area contributed by atoms with E-state index in [2.05, 4.69) is 5.10 Å². The first kappa shape index (κ1) is 11.6. The third-order valence-electron chi connectivity index (χ3n) is 2.82. The molecule has 0 N–H and O–H groups in total. The fraction of sp³-hybridized carbons (Fsp3) is 0.417. The van der Waals surface area contributed by atoms with Gasteiger partial charge in [0.25, 0.3) is 5.69 Å². The summed E-state index contributed by atoms with van der Waals surface area (Å²) < 4.78 is 1.88. The van der Waals surface area contributed by atoms with Crippen LogP contribution in [-0.4, -0.2) is 14.7 Å². The zero-order chi connectivity index (χ0) is 12.6. The summed E-state index contributed by atoms with van der Waals surface area (Å²) in [6, 6.07) is 4.92. The van der Waals surface area contributed by atoms with Crippen LogP contribution in [0.15, 0.2) is 18.2 Å². The van der Waals surface area contributed by atoms with E-state index in [1.54, 1.807) is 12.1 Å². The summed E-state index contributed by atoms with van der Waals surface area (Å²) in [5.41, 5.74) is 2.00. The first-order chi connectivity index (χ1) is 8.04. The molecule has 0 saturated heterocycles. The van der Waals surface area contributed by atoms with Crippen molar-refractivity contribution in [2.45, 2.75) is 33.2 Å². The molecule has 0 amide bonds. The van der Waals surface area contributed by atoms with Crippen molar-refractivity contribution in [3.63, 3.8) is 0 Å². The largest absolute Gasteiger partial charge is 0.270 e. The lowest BCUT2D eigenvalue weighted by Gasteiger charge is -1.99. The molecular weight excluding hydrogens is 218 g/mol. The van der Waals surface area contributed by atoms with Gasteiger partial charge in [0.1, 0.15) is 0 Å². The first-order valence-corrected chi connectivity index (χ1v) is 5.69. The molecule has 1 heterocycles. The number of nitro groups is 1. The number of aryl methyl sites for hydroxylation is 1. The Balaban J connectivity index is 2.73. The van der Waals surface area contributed by atoms with Gasteiger partial charge in [-0.25, -0.2) is 0 Å². The molecule has 0 unspecified atom stereocenters. The predicted molar refractivity (Wildman–Crippen MR) is 66.2 cm³/mol. The van der Waals surface area contributed by atoms with Crippen LogP contribution in [0.1, 0.15) is 32.4 Å². The quantitative estimate of drug-likeness (QED) is 0.604. The van der Waals surface area contributed by atoms with Crippen LogP contribution in [0.4, 0.5) is 5.69 Å². The monoisotopic (exact) mass is 233 g/mol. The molecule has 0 saturated carbocycles. The van der Waals surface area contributed by atoms with Crippen molar-refractivity contribution in [2.75, 3.05) is 0 Å². The minimum atomic E-state index is -0.368. The van der Waals surface area contributed by atoms with Crippen molar-refractivity contribution < 1.29 is 4.92 Å². The lowest BCUT2D eigenvalue weighted by Crippen LogP contribution is -1.97. The summed E-state index contributed by atoms with van der Waals surface area (Å²) in [7, 11) is 0. The van der Waals surface area contributed by atoms with Crippen molar-refractivity contribution in [1.29, 1.82) is 0 Å². The second-order valence-corrected chi connectivity index (χ2v) is 4.31. The lowest BCUT2D eigenvalue weighted by molar-refractivity contribution is -0.384. The van der Waals surface area contributed by atoms with Crippen molar-refractivity contribution in [3.05, 3.63) is 34.0 Å². The number of hydrogen-bond acceptors (Lipinski definition) is 3. The first-order valence-electron chi connectivity index (χ1n) is 5.69. The van der Waals surface area contributed by atoms with Crippen LogP contribution < -0.4 is 0 Å². The number of hydrogen-bond donors (Lipinski definition) is 0. The van der Waals surface area contributed by atoms with Gasteiger partial charge in [0, 0.05) is 24.1 Å². The van der Waals surface area contributed by atoms with E-state index in [4.69, 9.17) is 0 Å². The van der Waals surface area contributed by atoms with Gasteiger partial charge in [0.15, 0.2) is 0 Å². The Hall–Kier alpha value is -1.91. The van der Waals surface area contributed by atoms with Gasteiger partial charge in [0.2, 0.25) is 0 Å². The van der Waals surface area contributed by atoms with Gasteiger partial charge < -0.3 is 0 Å². The molecule has 90 valence electrons. The number of nitrogens with zero attached hydrogens (tertiary/aromatic N) is 3. The van der Waals surface area contributed by atoms with Crippen LogP contribution in [0.2, 0.25) is 0 Å². The van der Waals surface area contributed by atoms with Gasteiger partial charge >= 0.3 is 0 Å². The van der Waals surface area contributed by atoms with Crippen molar-refractivity contribution in [1.82, 2.24) is 9.78 Å². The highest BCUT2D eigenvalue weighted by Gasteiger charge is 2.16. The Kier molecular flexibility index (Phi) is 2.83. The van der Waals surface area contributed by atoms with Gasteiger partial charge in [-0.1, -0.05) is 13.8 Å². The summed E-state index contributed by atoms with van der Waals surface area (Å²) in [5, 5.41) is 16.2. The van der Waals surface area contributed by atoms with Gasteiger partial charge in [-0.3, -0.25) is 14.8 Å². The highest BCUT2D eigenvalue weighted by Crippen LogP contribution is 2.28. The number of fused-ring (bicyclic) bond motifs is 1. The summed E-state index contributed by atoms with van der Waals surface area (Å²) in [4.78, 5) is 10.4. The van der Waals surface area contributed by atoms with Crippen LogP contribution in [0, 0.1) is 10.1 Å². The second kappa shape index (κ2) is 4.16. The molecule has 2 aromatic rings. The average Bonchev–Trinajstić information content (AvgIpc) is 2.66. The maximum absolute atomic E-state index is 10.8. The third-order valence-corrected chi connectivity index (χ3v) is 2.82. The number of rotatable bonds is 3. The van der Waals surface area contributed by atoms with Crippen LogP contribution in [0.3, 0.4) is 0 Å². The molecule has 5 nitrogen and oxygen atoms in total. The van der Waals surface area contributed by atoms with Gasteiger partial charge in [-0.2, -0.15) is 5.10 Å². The molecule has 0 aliphatic rings. The minimum Gasteiger partial charge on any atom is -0.265 e. The molecule has 0 aliphatic carbocycles.